The van der Waals surface area contributed by atoms with Crippen LogP contribution in [-0.4, -0.2) is 85.9 Å². The number of aliphatic hydroxyl groups is 4. The molecule has 3 aliphatic carbocycles. The van der Waals surface area contributed by atoms with Gasteiger partial charge in [-0.3, -0.25) is 14.4 Å². The summed E-state index contributed by atoms with van der Waals surface area (Å²) in [4.78, 5) is 41.6. The van der Waals surface area contributed by atoms with Crippen molar-refractivity contribution >= 4 is 23.2 Å². The number of ketones is 2. The first-order valence-electron chi connectivity index (χ1n) is 14.0. The summed E-state index contributed by atoms with van der Waals surface area (Å²) >= 11 is 0. The number of aliphatic hydroxyl groups excluding tert-OH is 3. The minimum absolute atomic E-state index is 0.0370. The molecule has 43 heavy (non-hydrogen) atoms. The van der Waals surface area contributed by atoms with Crippen LogP contribution in [0.2, 0.25) is 0 Å². The summed E-state index contributed by atoms with van der Waals surface area (Å²) in [6, 6.07) is 18.8. The molecule has 7 N–H and O–H groups in total. The molecular formula is C33H32N2O8. The Morgan fingerprint density at radius 1 is 0.907 bits per heavy atom. The highest BCUT2D eigenvalue weighted by atomic mass is 16.3. The molecule has 1 amide bonds. The summed E-state index contributed by atoms with van der Waals surface area (Å²) in [5.41, 5.74) is 4.89. The molecule has 3 aliphatic rings. The van der Waals surface area contributed by atoms with Gasteiger partial charge in [0.2, 0.25) is 11.7 Å². The number of phenols is 1. The monoisotopic (exact) mass is 584 g/mol. The fraction of sp³-hybridized carbons (Fsp3) is 0.303. The lowest BCUT2D eigenvalue weighted by Crippen LogP contribution is -2.76. The first-order chi connectivity index (χ1) is 20.4. The number of nitrogens with zero attached hydrogens (tertiary/aromatic N) is 1. The van der Waals surface area contributed by atoms with E-state index in [4.69, 9.17) is 5.73 Å². The number of nitrogens with two attached hydrogens (primary N) is 1. The van der Waals surface area contributed by atoms with Gasteiger partial charge in [0, 0.05) is 29.0 Å². The van der Waals surface area contributed by atoms with Gasteiger partial charge in [0.15, 0.2) is 11.4 Å². The zero-order valence-electron chi connectivity index (χ0n) is 23.5. The third kappa shape index (κ3) is 3.98. The number of benzene rings is 3. The number of hydrogen-bond acceptors (Lipinski definition) is 9. The summed E-state index contributed by atoms with van der Waals surface area (Å²) in [7, 11) is 3.05. The second-order valence-corrected chi connectivity index (χ2v) is 11.8. The third-order valence-electron chi connectivity index (χ3n) is 9.34. The number of aromatic hydroxyl groups is 1. The standard InChI is InChI=1S/C33H32N2O8/c1-35(2)25-24-27(37)20-14-19-17(15-9-5-3-6-10-15)13-18(16-11-7-4-8-12-16)26(36)21(19)28(38)22(20)30(40)33(24,43)31(41)23(29(25)39)32(34)42/h3-13,20,23-25,27,29,36-39,43H,14H2,1-2H3,(H2,34,42)/t20-,23?,24-,25+,27+,29?,33+/m0/s1. The van der Waals surface area contributed by atoms with Crippen LogP contribution in [0, 0.1) is 17.8 Å². The van der Waals surface area contributed by atoms with Crippen molar-refractivity contribution in [1.29, 1.82) is 0 Å². The molecular weight excluding hydrogens is 552 g/mol. The Morgan fingerprint density at radius 2 is 1.47 bits per heavy atom. The zero-order chi connectivity index (χ0) is 31.0. The van der Waals surface area contributed by atoms with Gasteiger partial charge in [-0.2, -0.15) is 0 Å². The highest BCUT2D eigenvalue weighted by molar-refractivity contribution is 6.25. The normalized spacial score (nSPS) is 30.1. The second-order valence-electron chi connectivity index (χ2n) is 11.8. The lowest BCUT2D eigenvalue weighted by atomic mass is 9.53. The van der Waals surface area contributed by atoms with Crippen LogP contribution in [0.3, 0.4) is 0 Å². The molecule has 0 spiro atoms. The van der Waals surface area contributed by atoms with Crippen LogP contribution < -0.4 is 5.73 Å². The number of carbonyl (C=O) groups excluding carboxylic acids is 3. The Balaban J connectivity index is 1.63. The molecule has 3 aromatic carbocycles. The van der Waals surface area contributed by atoms with E-state index in [0.717, 1.165) is 5.56 Å². The number of amides is 1. The largest absolute Gasteiger partial charge is 0.507 e. The number of phenolic OH excluding ortho intramolecular Hbond substituents is 1. The molecule has 6 rings (SSSR count). The highest BCUT2D eigenvalue weighted by Gasteiger charge is 2.70. The quantitative estimate of drug-likeness (QED) is 0.247. The van der Waals surface area contributed by atoms with E-state index in [1.165, 1.54) is 19.0 Å². The summed E-state index contributed by atoms with van der Waals surface area (Å²) in [5, 5.41) is 58.2. The minimum Gasteiger partial charge on any atom is -0.507 e. The number of hydrogen-bond donors (Lipinski definition) is 6. The van der Waals surface area contributed by atoms with E-state index < -0.39 is 70.4 Å². The van der Waals surface area contributed by atoms with Gasteiger partial charge in [0.25, 0.3) is 0 Å². The average molecular weight is 585 g/mol. The van der Waals surface area contributed by atoms with Gasteiger partial charge in [-0.15, -0.1) is 0 Å². The van der Waals surface area contributed by atoms with Crippen molar-refractivity contribution in [2.75, 3.05) is 14.1 Å². The Kier molecular flexibility index (Phi) is 6.78. The van der Waals surface area contributed by atoms with E-state index in [9.17, 15) is 39.9 Å². The Bertz CT molecular complexity index is 1690. The van der Waals surface area contributed by atoms with Crippen LogP contribution in [-0.2, 0) is 20.8 Å². The number of carbonyl (C=O) groups is 3. The van der Waals surface area contributed by atoms with Crippen molar-refractivity contribution in [1.82, 2.24) is 4.90 Å². The topological polar surface area (TPSA) is 182 Å². The predicted octanol–water partition coefficient (Wildman–Crippen LogP) is 1.43. The van der Waals surface area contributed by atoms with Crippen LogP contribution >= 0.6 is 0 Å². The SMILES string of the molecule is CN(C)[C@H]1C(O)C(C(N)=O)C(=O)[C@]2(O)C(=O)C3=C(O)c4c(O)c(-c5ccccc5)cc(-c5ccccc5)c4C[C@@H]3[C@@H](O)[C@H]12. The Labute approximate surface area is 247 Å². The third-order valence-corrected chi connectivity index (χ3v) is 9.34. The van der Waals surface area contributed by atoms with Gasteiger partial charge in [-0.1, -0.05) is 60.7 Å². The van der Waals surface area contributed by atoms with Crippen molar-refractivity contribution in [2.45, 2.75) is 30.3 Å². The highest BCUT2D eigenvalue weighted by Crippen LogP contribution is 2.54. The Hall–Kier alpha value is -4.35. The number of fused-ring (bicyclic) bond motifs is 3. The number of Topliss-reactive ketones (excluding diaryl/α,β-unsaturated/α-hetero) is 2. The molecule has 2 unspecified atom stereocenters. The molecule has 2 fully saturated rings. The maximum absolute atomic E-state index is 14.2. The first kappa shape index (κ1) is 28.8. The van der Waals surface area contributed by atoms with Gasteiger partial charge >= 0.3 is 0 Å². The maximum atomic E-state index is 14.2. The van der Waals surface area contributed by atoms with Crippen molar-refractivity contribution < 1.29 is 39.9 Å². The molecule has 3 aromatic rings. The van der Waals surface area contributed by atoms with Gasteiger partial charge in [0.1, 0.15) is 17.4 Å². The van der Waals surface area contributed by atoms with Crippen molar-refractivity contribution in [3.05, 3.63) is 83.4 Å². The molecule has 0 bridgehead atoms. The van der Waals surface area contributed by atoms with Gasteiger partial charge < -0.3 is 36.2 Å². The summed E-state index contributed by atoms with van der Waals surface area (Å²) in [5.74, 6) is -9.34. The number of rotatable bonds is 4. The minimum atomic E-state index is -2.97. The van der Waals surface area contributed by atoms with Gasteiger partial charge in [-0.25, -0.2) is 0 Å². The lowest BCUT2D eigenvalue weighted by molar-refractivity contribution is -0.198. The molecule has 0 aliphatic heterocycles. The van der Waals surface area contributed by atoms with Crippen LogP contribution in [0.25, 0.3) is 28.0 Å². The molecule has 0 heterocycles. The van der Waals surface area contributed by atoms with Crippen molar-refractivity contribution in [2.24, 2.45) is 23.5 Å². The fourth-order valence-corrected chi connectivity index (χ4v) is 7.40. The lowest BCUT2D eigenvalue weighted by Gasteiger charge is -2.55. The second kappa shape index (κ2) is 10.1. The van der Waals surface area contributed by atoms with E-state index in [0.29, 0.717) is 22.3 Å². The molecule has 2 saturated carbocycles. The molecule has 10 heteroatoms. The first-order valence-corrected chi connectivity index (χ1v) is 14.0. The average Bonchev–Trinajstić information content (AvgIpc) is 2.98. The summed E-state index contributed by atoms with van der Waals surface area (Å²) in [6.45, 7) is 0. The van der Waals surface area contributed by atoms with E-state index in [1.54, 1.807) is 30.3 Å². The van der Waals surface area contributed by atoms with E-state index in [2.05, 4.69) is 0 Å². The number of likely N-dealkylation sites (N-methyl/N-ethyl adjacent to an activating group) is 1. The zero-order valence-corrected chi connectivity index (χ0v) is 23.5. The molecule has 7 atom stereocenters. The fourth-order valence-electron chi connectivity index (χ4n) is 7.40. The van der Waals surface area contributed by atoms with E-state index in [-0.39, 0.29) is 17.7 Å². The summed E-state index contributed by atoms with van der Waals surface area (Å²) < 4.78 is 0. The van der Waals surface area contributed by atoms with Gasteiger partial charge in [0.05, 0.1) is 17.8 Å². The molecule has 10 nitrogen and oxygen atoms in total. The van der Waals surface area contributed by atoms with Crippen LogP contribution in [0.1, 0.15) is 11.1 Å². The van der Waals surface area contributed by atoms with Crippen LogP contribution in [0.15, 0.2) is 72.3 Å². The van der Waals surface area contributed by atoms with Crippen molar-refractivity contribution in [3.63, 3.8) is 0 Å². The van der Waals surface area contributed by atoms with Gasteiger partial charge in [-0.05, 0) is 48.8 Å². The molecule has 0 radical (unpaired) electrons. The Morgan fingerprint density at radius 3 is 2.00 bits per heavy atom. The molecule has 222 valence electrons. The van der Waals surface area contributed by atoms with E-state index in [1.807, 2.05) is 36.4 Å². The predicted molar refractivity (Wildman–Crippen MR) is 156 cm³/mol. The summed E-state index contributed by atoms with van der Waals surface area (Å²) in [6.07, 6.45) is -3.36. The van der Waals surface area contributed by atoms with Crippen molar-refractivity contribution in [3.8, 4) is 28.0 Å². The van der Waals surface area contributed by atoms with Crippen LogP contribution in [0.4, 0.5) is 0 Å². The van der Waals surface area contributed by atoms with E-state index >= 15 is 0 Å². The number of primary amides is 1. The maximum Gasteiger partial charge on any atom is 0.230 e. The van der Waals surface area contributed by atoms with Crippen LogP contribution in [0.5, 0.6) is 5.75 Å². The smallest absolute Gasteiger partial charge is 0.230 e. The molecule has 0 aromatic heterocycles. The molecule has 0 saturated heterocycles.